The first kappa shape index (κ1) is 14.3. The average Bonchev–Trinajstić information content (AvgIpc) is 2.57. The Bertz CT molecular complexity index is 395. The lowest BCUT2D eigenvalue weighted by Crippen LogP contribution is -2.18. The highest BCUT2D eigenvalue weighted by Gasteiger charge is 2.28. The molecule has 0 saturated heterocycles. The molecule has 1 nitrogen and oxygen atoms in total. The summed E-state index contributed by atoms with van der Waals surface area (Å²) in [4.78, 5) is 11.8. The van der Waals surface area contributed by atoms with Gasteiger partial charge < -0.3 is 0 Å². The van der Waals surface area contributed by atoms with Crippen molar-refractivity contribution in [1.82, 2.24) is 0 Å². The molecule has 104 valence electrons. The third-order valence-electron chi connectivity index (χ3n) is 4.45. The molecule has 1 aromatic rings. The van der Waals surface area contributed by atoms with Crippen LogP contribution in [-0.2, 0) is 11.2 Å². The lowest BCUT2D eigenvalue weighted by atomic mass is 9.78. The van der Waals surface area contributed by atoms with Crippen LogP contribution in [0.2, 0.25) is 0 Å². The number of benzene rings is 1. The highest BCUT2D eigenvalue weighted by molar-refractivity contribution is 5.79. The summed E-state index contributed by atoms with van der Waals surface area (Å²) in [6.45, 7) is 2.32. The lowest BCUT2D eigenvalue weighted by molar-refractivity contribution is -0.120. The molecule has 1 aliphatic carbocycles. The summed E-state index contributed by atoms with van der Waals surface area (Å²) in [6, 6.07) is 10.7. The monoisotopic (exact) mass is 258 g/mol. The Balaban J connectivity index is 1.73. The van der Waals surface area contributed by atoms with Gasteiger partial charge in [-0.2, -0.15) is 0 Å². The van der Waals surface area contributed by atoms with E-state index < -0.39 is 0 Å². The molecule has 1 atom stereocenters. The zero-order chi connectivity index (χ0) is 13.6. The van der Waals surface area contributed by atoms with Crippen LogP contribution in [0.15, 0.2) is 30.3 Å². The van der Waals surface area contributed by atoms with E-state index in [0.29, 0.717) is 5.78 Å². The summed E-state index contributed by atoms with van der Waals surface area (Å²) in [5, 5.41) is 0. The van der Waals surface area contributed by atoms with Crippen molar-refractivity contribution in [3.8, 4) is 0 Å². The van der Waals surface area contributed by atoms with Crippen molar-refractivity contribution in [1.29, 1.82) is 0 Å². The van der Waals surface area contributed by atoms with Crippen molar-refractivity contribution in [3.05, 3.63) is 35.9 Å². The van der Waals surface area contributed by atoms with Crippen LogP contribution in [0.1, 0.15) is 63.9 Å². The summed E-state index contributed by atoms with van der Waals surface area (Å²) in [5.74, 6) is 0.489. The molecule has 0 amide bonds. The van der Waals surface area contributed by atoms with Gasteiger partial charge in [-0.25, -0.2) is 0 Å². The maximum absolute atomic E-state index is 11.8. The fourth-order valence-electron chi connectivity index (χ4n) is 3.27. The second kappa shape index (κ2) is 6.88. The highest BCUT2D eigenvalue weighted by atomic mass is 16.1. The zero-order valence-corrected chi connectivity index (χ0v) is 12.2. The quantitative estimate of drug-likeness (QED) is 0.540. The molecule has 0 unspecified atom stereocenters. The van der Waals surface area contributed by atoms with E-state index in [1.54, 1.807) is 0 Å². The van der Waals surface area contributed by atoms with Crippen molar-refractivity contribution in [2.24, 2.45) is 5.41 Å². The molecule has 1 heteroatoms. The van der Waals surface area contributed by atoms with Gasteiger partial charge in [0.15, 0.2) is 0 Å². The Morgan fingerprint density at radius 2 is 1.89 bits per heavy atom. The van der Waals surface area contributed by atoms with Gasteiger partial charge in [-0.15, -0.1) is 0 Å². The van der Waals surface area contributed by atoms with Crippen LogP contribution in [0.5, 0.6) is 0 Å². The minimum absolute atomic E-state index is 0.282. The molecule has 1 saturated carbocycles. The van der Waals surface area contributed by atoms with E-state index in [9.17, 15) is 4.79 Å². The number of Topliss-reactive ketones (excluding diaryl/α,β-unsaturated/α-hetero) is 1. The topological polar surface area (TPSA) is 17.1 Å². The van der Waals surface area contributed by atoms with Gasteiger partial charge in [0, 0.05) is 12.8 Å². The van der Waals surface area contributed by atoms with E-state index in [1.165, 1.54) is 44.1 Å². The molecule has 1 fully saturated rings. The normalized spacial score (nSPS) is 24.2. The van der Waals surface area contributed by atoms with Crippen LogP contribution < -0.4 is 0 Å². The van der Waals surface area contributed by atoms with Gasteiger partial charge >= 0.3 is 0 Å². The van der Waals surface area contributed by atoms with Crippen molar-refractivity contribution >= 4 is 5.78 Å². The summed E-state index contributed by atoms with van der Waals surface area (Å²) in [5.41, 5.74) is 1.72. The predicted octanol–water partition coefficient (Wildman–Crippen LogP) is 4.94. The molecule has 0 heterocycles. The number of rotatable bonds is 5. The third kappa shape index (κ3) is 4.81. The maximum atomic E-state index is 11.8. The molecule has 2 rings (SSSR count). The van der Waals surface area contributed by atoms with Crippen LogP contribution in [-0.4, -0.2) is 5.78 Å². The van der Waals surface area contributed by atoms with Crippen LogP contribution in [0.25, 0.3) is 0 Å². The molecule has 0 aromatic heterocycles. The molecular weight excluding hydrogens is 232 g/mol. The number of hydrogen-bond acceptors (Lipinski definition) is 1. The van der Waals surface area contributed by atoms with Gasteiger partial charge in [-0.3, -0.25) is 4.79 Å². The first-order valence-electron chi connectivity index (χ1n) is 7.74. The summed E-state index contributed by atoms with van der Waals surface area (Å²) in [6.07, 6.45) is 10.1. The van der Waals surface area contributed by atoms with E-state index in [1.807, 2.05) is 0 Å². The summed E-state index contributed by atoms with van der Waals surface area (Å²) < 4.78 is 0. The fourth-order valence-corrected chi connectivity index (χ4v) is 3.27. The summed E-state index contributed by atoms with van der Waals surface area (Å²) in [7, 11) is 0. The van der Waals surface area contributed by atoms with Crippen molar-refractivity contribution < 1.29 is 4.79 Å². The Morgan fingerprint density at radius 1 is 1.11 bits per heavy atom. The Kier molecular flexibility index (Phi) is 5.18. The van der Waals surface area contributed by atoms with Crippen molar-refractivity contribution in [3.63, 3.8) is 0 Å². The predicted molar refractivity (Wildman–Crippen MR) is 80.2 cm³/mol. The molecule has 0 bridgehead atoms. The molecule has 1 aromatic carbocycles. The Hall–Kier alpha value is -1.11. The van der Waals surface area contributed by atoms with Gasteiger partial charge in [-0.05, 0) is 43.1 Å². The van der Waals surface area contributed by atoms with Crippen molar-refractivity contribution in [2.45, 2.75) is 64.7 Å². The summed E-state index contributed by atoms with van der Waals surface area (Å²) >= 11 is 0. The maximum Gasteiger partial charge on any atom is 0.133 e. The number of aryl methyl sites for hydroxylation is 1. The lowest BCUT2D eigenvalue weighted by Gasteiger charge is -2.27. The standard InChI is InChI=1S/C18H26O/c1-18(14-8-6-12-17(19)15-18)13-7-5-11-16-9-3-2-4-10-16/h2-4,9-10H,5-8,11-15H2,1H3/t18-/m1/s1. The zero-order valence-electron chi connectivity index (χ0n) is 12.2. The second-order valence-electron chi connectivity index (χ2n) is 6.43. The molecule has 0 spiro atoms. The molecule has 0 N–H and O–H groups in total. The van der Waals surface area contributed by atoms with E-state index in [-0.39, 0.29) is 5.41 Å². The van der Waals surface area contributed by atoms with Gasteiger partial charge in [0.2, 0.25) is 0 Å². The minimum Gasteiger partial charge on any atom is -0.300 e. The number of unbranched alkanes of at least 4 members (excludes halogenated alkanes) is 1. The number of ketones is 1. The fraction of sp³-hybridized carbons (Fsp3) is 0.611. The van der Waals surface area contributed by atoms with Gasteiger partial charge in [-0.1, -0.05) is 50.1 Å². The van der Waals surface area contributed by atoms with E-state index in [2.05, 4.69) is 37.3 Å². The van der Waals surface area contributed by atoms with Gasteiger partial charge in [0.25, 0.3) is 0 Å². The first-order valence-corrected chi connectivity index (χ1v) is 7.74. The minimum atomic E-state index is 0.282. The number of carbonyl (C=O) groups excluding carboxylic acids is 1. The van der Waals surface area contributed by atoms with E-state index in [4.69, 9.17) is 0 Å². The van der Waals surface area contributed by atoms with Crippen LogP contribution in [0.3, 0.4) is 0 Å². The van der Waals surface area contributed by atoms with E-state index >= 15 is 0 Å². The van der Waals surface area contributed by atoms with Crippen molar-refractivity contribution in [2.75, 3.05) is 0 Å². The highest BCUT2D eigenvalue weighted by Crippen LogP contribution is 2.37. The Labute approximate surface area is 117 Å². The molecule has 0 radical (unpaired) electrons. The van der Waals surface area contributed by atoms with E-state index in [0.717, 1.165) is 19.3 Å². The van der Waals surface area contributed by atoms with Gasteiger partial charge in [0.05, 0.1) is 0 Å². The second-order valence-corrected chi connectivity index (χ2v) is 6.43. The van der Waals surface area contributed by atoms with Crippen LogP contribution in [0.4, 0.5) is 0 Å². The van der Waals surface area contributed by atoms with Crippen LogP contribution >= 0.6 is 0 Å². The number of hydrogen-bond donors (Lipinski definition) is 0. The Morgan fingerprint density at radius 3 is 2.68 bits per heavy atom. The number of carbonyl (C=O) groups is 1. The molecule has 19 heavy (non-hydrogen) atoms. The molecule has 1 aliphatic rings. The SMILES string of the molecule is C[C@@]1(CCCCc2ccccc2)CCCCC(=O)C1. The van der Waals surface area contributed by atoms with Crippen LogP contribution in [0, 0.1) is 5.41 Å². The third-order valence-corrected chi connectivity index (χ3v) is 4.45. The smallest absolute Gasteiger partial charge is 0.133 e. The largest absolute Gasteiger partial charge is 0.300 e. The first-order chi connectivity index (χ1) is 9.18. The average molecular weight is 258 g/mol. The molecule has 0 aliphatic heterocycles. The molecular formula is C18H26O. The van der Waals surface area contributed by atoms with Gasteiger partial charge in [0.1, 0.15) is 5.78 Å².